The zero-order valence-corrected chi connectivity index (χ0v) is 16.0. The van der Waals surface area contributed by atoms with Crippen molar-refractivity contribution in [2.24, 2.45) is 10.7 Å². The van der Waals surface area contributed by atoms with E-state index in [0.29, 0.717) is 38.0 Å². The summed E-state index contributed by atoms with van der Waals surface area (Å²) >= 11 is 0. The molecule has 1 aliphatic carbocycles. The van der Waals surface area contributed by atoms with E-state index in [1.165, 1.54) is 17.5 Å². The molecule has 2 aliphatic rings. The molecule has 0 spiro atoms. The zero-order chi connectivity index (χ0) is 19.2. The lowest BCUT2D eigenvalue weighted by molar-refractivity contribution is 0.0963. The summed E-state index contributed by atoms with van der Waals surface area (Å²) in [6.07, 6.45) is 5.78. The molecule has 1 saturated heterocycles. The van der Waals surface area contributed by atoms with Gasteiger partial charge in [0.1, 0.15) is 5.75 Å². The lowest BCUT2D eigenvalue weighted by Gasteiger charge is -2.31. The Hall–Kier alpha value is -2.44. The van der Waals surface area contributed by atoms with Crippen molar-refractivity contribution >= 4 is 12.1 Å². The number of hydrogen-bond acceptors (Lipinski definition) is 4. The minimum absolute atomic E-state index is 0.192. The minimum Gasteiger partial charge on any atom is -0.508 e. The third-order valence-electron chi connectivity index (χ3n) is 5.41. The number of nitrogens with zero attached hydrogens (tertiary/aromatic N) is 2. The van der Waals surface area contributed by atoms with Crippen LogP contribution in [0.1, 0.15) is 49.3 Å². The van der Waals surface area contributed by atoms with Crippen LogP contribution in [0.15, 0.2) is 17.1 Å². The summed E-state index contributed by atoms with van der Waals surface area (Å²) in [7, 11) is 0. The molecule has 1 aliphatic heterocycles. The van der Waals surface area contributed by atoms with Gasteiger partial charge in [-0.3, -0.25) is 0 Å². The molecule has 0 radical (unpaired) electrons. The molecule has 3 rings (SSSR count). The number of carbonyl (C=O) groups excluding carboxylic acids is 1. The van der Waals surface area contributed by atoms with Crippen molar-refractivity contribution in [1.82, 2.24) is 10.2 Å². The van der Waals surface area contributed by atoms with Gasteiger partial charge in [0.25, 0.3) is 0 Å². The standard InChI is InChI=1S/C20H30N4O3/c1-2-27-20(26)24-11-9-15(10-12-24)23-19(21)22-13-17-16-6-4-3-5-14(16)7-8-18(17)25/h7-8,15,25H,2-6,9-13H2,1H3,(H3,21,22,23). The van der Waals surface area contributed by atoms with Gasteiger partial charge in [0.2, 0.25) is 0 Å². The molecule has 0 aromatic heterocycles. The predicted molar refractivity (Wildman–Crippen MR) is 105 cm³/mol. The molecule has 1 aromatic rings. The first-order valence-electron chi connectivity index (χ1n) is 9.89. The van der Waals surface area contributed by atoms with Crippen molar-refractivity contribution in [2.45, 2.75) is 58.0 Å². The number of hydrogen-bond donors (Lipinski definition) is 3. The highest BCUT2D eigenvalue weighted by atomic mass is 16.6. The van der Waals surface area contributed by atoms with Gasteiger partial charge in [-0.25, -0.2) is 9.79 Å². The second kappa shape index (κ2) is 8.97. The van der Waals surface area contributed by atoms with Crippen molar-refractivity contribution in [3.8, 4) is 5.75 Å². The van der Waals surface area contributed by atoms with Crippen molar-refractivity contribution in [1.29, 1.82) is 0 Å². The number of ether oxygens (including phenoxy) is 1. The number of nitrogens with one attached hydrogen (secondary N) is 1. The maximum absolute atomic E-state index is 11.7. The number of benzene rings is 1. The van der Waals surface area contributed by atoms with Gasteiger partial charge in [0.15, 0.2) is 5.96 Å². The number of phenolic OH excluding ortho intramolecular Hbond substituents is 1. The first kappa shape index (κ1) is 19.3. The number of amides is 1. The first-order chi connectivity index (χ1) is 13.1. The molecule has 4 N–H and O–H groups in total. The van der Waals surface area contributed by atoms with Crippen molar-refractivity contribution in [3.05, 3.63) is 28.8 Å². The minimum atomic E-state index is -0.248. The maximum Gasteiger partial charge on any atom is 0.409 e. The van der Waals surface area contributed by atoms with E-state index in [2.05, 4.69) is 10.3 Å². The van der Waals surface area contributed by atoms with Crippen LogP contribution in [-0.2, 0) is 24.1 Å². The molecule has 0 unspecified atom stereocenters. The summed E-state index contributed by atoms with van der Waals surface area (Å²) in [6.45, 7) is 3.89. The summed E-state index contributed by atoms with van der Waals surface area (Å²) < 4.78 is 5.04. The van der Waals surface area contributed by atoms with E-state index in [9.17, 15) is 9.90 Å². The summed E-state index contributed by atoms with van der Waals surface area (Å²) in [5.74, 6) is 0.687. The second-order valence-electron chi connectivity index (χ2n) is 7.21. The molecule has 1 fully saturated rings. The number of rotatable bonds is 4. The van der Waals surface area contributed by atoms with Crippen LogP contribution in [-0.4, -0.2) is 47.8 Å². The Kier molecular flexibility index (Phi) is 6.42. The number of aryl methyl sites for hydroxylation is 1. The quantitative estimate of drug-likeness (QED) is 0.555. The molecule has 1 heterocycles. The third-order valence-corrected chi connectivity index (χ3v) is 5.41. The van der Waals surface area contributed by atoms with Crippen LogP contribution in [0.3, 0.4) is 0 Å². The lowest BCUT2D eigenvalue weighted by Crippen LogP contribution is -2.48. The van der Waals surface area contributed by atoms with E-state index in [1.54, 1.807) is 11.0 Å². The fraction of sp³-hybridized carbons (Fsp3) is 0.600. The van der Waals surface area contributed by atoms with Gasteiger partial charge in [-0.2, -0.15) is 0 Å². The van der Waals surface area contributed by atoms with Crippen LogP contribution in [0.4, 0.5) is 4.79 Å². The Balaban J connectivity index is 1.55. The molecule has 0 bridgehead atoms. The number of piperidine rings is 1. The van der Waals surface area contributed by atoms with E-state index < -0.39 is 0 Å². The number of nitrogens with two attached hydrogens (primary N) is 1. The highest BCUT2D eigenvalue weighted by Crippen LogP contribution is 2.31. The van der Waals surface area contributed by atoms with Crippen LogP contribution in [0.25, 0.3) is 0 Å². The number of phenols is 1. The average Bonchev–Trinajstić information content (AvgIpc) is 2.68. The maximum atomic E-state index is 11.7. The molecular formula is C20H30N4O3. The molecule has 1 aromatic carbocycles. The van der Waals surface area contributed by atoms with Crippen LogP contribution < -0.4 is 11.1 Å². The van der Waals surface area contributed by atoms with Crippen LogP contribution in [0.5, 0.6) is 5.75 Å². The number of aliphatic imine (C=N–C) groups is 1. The van der Waals surface area contributed by atoms with E-state index in [0.717, 1.165) is 37.7 Å². The van der Waals surface area contributed by atoms with Gasteiger partial charge in [-0.15, -0.1) is 0 Å². The van der Waals surface area contributed by atoms with Gasteiger partial charge >= 0.3 is 6.09 Å². The monoisotopic (exact) mass is 374 g/mol. The van der Waals surface area contributed by atoms with Gasteiger partial charge in [-0.05, 0) is 62.6 Å². The molecule has 148 valence electrons. The molecule has 7 nitrogen and oxygen atoms in total. The topological polar surface area (TPSA) is 100 Å². The molecule has 7 heteroatoms. The van der Waals surface area contributed by atoms with Crippen LogP contribution >= 0.6 is 0 Å². The van der Waals surface area contributed by atoms with E-state index in [1.807, 2.05) is 13.0 Å². The Morgan fingerprint density at radius 2 is 2.07 bits per heavy atom. The molecule has 27 heavy (non-hydrogen) atoms. The van der Waals surface area contributed by atoms with E-state index >= 15 is 0 Å². The highest BCUT2D eigenvalue weighted by Gasteiger charge is 2.23. The summed E-state index contributed by atoms with van der Waals surface area (Å²) in [5, 5.41) is 13.5. The summed E-state index contributed by atoms with van der Waals surface area (Å²) in [6, 6.07) is 3.98. The Labute approximate surface area is 160 Å². The fourth-order valence-corrected chi connectivity index (χ4v) is 3.91. The number of guanidine groups is 1. The van der Waals surface area contributed by atoms with Crippen molar-refractivity contribution < 1.29 is 14.6 Å². The molecule has 1 amide bonds. The molecule has 0 atom stereocenters. The Morgan fingerprint density at radius 3 is 2.81 bits per heavy atom. The number of carbonyl (C=O) groups is 1. The summed E-state index contributed by atoms with van der Waals surface area (Å²) in [5.41, 5.74) is 9.53. The number of fused-ring (bicyclic) bond motifs is 1. The Bertz CT molecular complexity index is 697. The fourth-order valence-electron chi connectivity index (χ4n) is 3.91. The summed E-state index contributed by atoms with van der Waals surface area (Å²) in [4.78, 5) is 17.9. The van der Waals surface area contributed by atoms with Crippen molar-refractivity contribution in [3.63, 3.8) is 0 Å². The van der Waals surface area contributed by atoms with Crippen molar-refractivity contribution in [2.75, 3.05) is 19.7 Å². The smallest absolute Gasteiger partial charge is 0.409 e. The van der Waals surface area contributed by atoms with Crippen LogP contribution in [0, 0.1) is 0 Å². The SMILES string of the molecule is CCOC(=O)N1CCC(NC(N)=NCc2c(O)ccc3c2CCCC3)CC1. The normalized spacial score (nSPS) is 18.1. The lowest BCUT2D eigenvalue weighted by atomic mass is 9.88. The third kappa shape index (κ3) is 4.84. The molecule has 0 saturated carbocycles. The van der Waals surface area contributed by atoms with E-state index in [4.69, 9.17) is 10.5 Å². The number of likely N-dealkylation sites (tertiary alicyclic amines) is 1. The first-order valence-corrected chi connectivity index (χ1v) is 9.89. The second-order valence-corrected chi connectivity index (χ2v) is 7.21. The zero-order valence-electron chi connectivity index (χ0n) is 16.0. The molecular weight excluding hydrogens is 344 g/mol. The van der Waals surface area contributed by atoms with Gasteiger partial charge in [-0.1, -0.05) is 6.07 Å². The van der Waals surface area contributed by atoms with Crippen LogP contribution in [0.2, 0.25) is 0 Å². The predicted octanol–water partition coefficient (Wildman–Crippen LogP) is 2.30. The Morgan fingerprint density at radius 1 is 1.33 bits per heavy atom. The number of aromatic hydroxyl groups is 1. The van der Waals surface area contributed by atoms with Gasteiger partial charge < -0.3 is 25.8 Å². The van der Waals surface area contributed by atoms with Gasteiger partial charge in [0, 0.05) is 24.7 Å². The largest absolute Gasteiger partial charge is 0.508 e. The van der Waals surface area contributed by atoms with E-state index in [-0.39, 0.29) is 12.1 Å². The average molecular weight is 374 g/mol. The van der Waals surface area contributed by atoms with Gasteiger partial charge in [0.05, 0.1) is 13.2 Å². The highest BCUT2D eigenvalue weighted by molar-refractivity contribution is 5.78.